The van der Waals surface area contributed by atoms with Crippen LogP contribution in [0, 0.1) is 0 Å². The van der Waals surface area contributed by atoms with Crippen molar-refractivity contribution in [3.8, 4) is 11.3 Å². The van der Waals surface area contributed by atoms with Gasteiger partial charge in [0.2, 0.25) is 0 Å². The second kappa shape index (κ2) is 3.02. The number of aryl methyl sites for hydroxylation is 1. The predicted octanol–water partition coefficient (Wildman–Crippen LogP) is 0.302. The first kappa shape index (κ1) is 8.00. The van der Waals surface area contributed by atoms with Crippen LogP contribution in [0.3, 0.4) is 0 Å². The summed E-state index contributed by atoms with van der Waals surface area (Å²) in [5, 5.41) is 12.8. The Morgan fingerprint density at radius 1 is 1.54 bits per heavy atom. The number of aromatic amines is 1. The predicted molar refractivity (Wildman–Crippen MR) is 46.7 cm³/mol. The molecule has 0 radical (unpaired) electrons. The van der Waals surface area contributed by atoms with Gasteiger partial charge in [0.05, 0.1) is 18.1 Å². The third-order valence-corrected chi connectivity index (χ3v) is 1.79. The van der Waals surface area contributed by atoms with E-state index < -0.39 is 0 Å². The molecule has 0 saturated heterocycles. The van der Waals surface area contributed by atoms with Gasteiger partial charge < -0.3 is 10.1 Å². The first-order chi connectivity index (χ1) is 6.29. The van der Waals surface area contributed by atoms with E-state index in [0.717, 1.165) is 11.3 Å². The fourth-order valence-electron chi connectivity index (χ4n) is 1.15. The van der Waals surface area contributed by atoms with Crippen LogP contribution in [-0.2, 0) is 13.7 Å². The van der Waals surface area contributed by atoms with Gasteiger partial charge in [-0.15, -0.1) is 0 Å². The molecule has 0 spiro atoms. The number of imidazole rings is 1. The number of hydrogen-bond donors (Lipinski definition) is 2. The molecule has 0 atom stereocenters. The zero-order valence-electron chi connectivity index (χ0n) is 7.23. The summed E-state index contributed by atoms with van der Waals surface area (Å²) in [5.41, 5.74) is 1.84. The highest BCUT2D eigenvalue weighted by Crippen LogP contribution is 2.14. The van der Waals surface area contributed by atoms with Gasteiger partial charge in [0.15, 0.2) is 0 Å². The van der Waals surface area contributed by atoms with Crippen molar-refractivity contribution in [3.05, 3.63) is 24.4 Å². The minimum absolute atomic E-state index is 0.0692. The number of rotatable bonds is 2. The molecule has 13 heavy (non-hydrogen) atoms. The zero-order valence-corrected chi connectivity index (χ0v) is 7.23. The van der Waals surface area contributed by atoms with Crippen molar-refractivity contribution < 1.29 is 5.11 Å². The van der Waals surface area contributed by atoms with Crippen LogP contribution in [0.1, 0.15) is 5.82 Å². The number of H-pyrrole nitrogens is 1. The van der Waals surface area contributed by atoms with Gasteiger partial charge in [-0.05, 0) is 0 Å². The Labute approximate surface area is 75.0 Å². The first-order valence-corrected chi connectivity index (χ1v) is 3.93. The van der Waals surface area contributed by atoms with Crippen LogP contribution in [0.4, 0.5) is 0 Å². The van der Waals surface area contributed by atoms with Crippen LogP contribution in [-0.4, -0.2) is 24.9 Å². The molecule has 5 nitrogen and oxygen atoms in total. The standard InChI is InChI=1S/C8H10N4O/c1-12-4-6(2-10-12)7-3-9-8(5-13)11-7/h2-4,13H,5H2,1H3,(H,9,11). The lowest BCUT2D eigenvalue weighted by Gasteiger charge is -1.88. The SMILES string of the molecule is Cn1cc(-c2cnc(CO)[nH]2)cn1. The minimum atomic E-state index is -0.0692. The average Bonchev–Trinajstić information content (AvgIpc) is 2.71. The smallest absolute Gasteiger partial charge is 0.132 e. The lowest BCUT2D eigenvalue weighted by atomic mass is 10.3. The quantitative estimate of drug-likeness (QED) is 0.695. The molecule has 2 aromatic rings. The number of nitrogens with zero attached hydrogens (tertiary/aromatic N) is 3. The second-order valence-corrected chi connectivity index (χ2v) is 2.80. The maximum atomic E-state index is 8.79. The van der Waals surface area contributed by atoms with E-state index in [-0.39, 0.29) is 6.61 Å². The Morgan fingerprint density at radius 2 is 2.38 bits per heavy atom. The monoisotopic (exact) mass is 178 g/mol. The van der Waals surface area contributed by atoms with E-state index in [1.807, 2.05) is 13.2 Å². The molecule has 2 heterocycles. The second-order valence-electron chi connectivity index (χ2n) is 2.80. The van der Waals surface area contributed by atoms with E-state index in [1.165, 1.54) is 0 Å². The summed E-state index contributed by atoms with van der Waals surface area (Å²) >= 11 is 0. The molecule has 0 unspecified atom stereocenters. The Bertz CT molecular complexity index is 404. The van der Waals surface area contributed by atoms with Gasteiger partial charge in [-0.25, -0.2) is 4.98 Å². The number of nitrogens with one attached hydrogen (secondary N) is 1. The molecule has 2 aromatic heterocycles. The van der Waals surface area contributed by atoms with Gasteiger partial charge >= 0.3 is 0 Å². The Kier molecular flexibility index (Phi) is 1.86. The van der Waals surface area contributed by atoms with Crippen molar-refractivity contribution in [2.45, 2.75) is 6.61 Å². The van der Waals surface area contributed by atoms with Crippen LogP contribution in [0.25, 0.3) is 11.3 Å². The number of aliphatic hydroxyl groups is 1. The van der Waals surface area contributed by atoms with Crippen molar-refractivity contribution >= 4 is 0 Å². The Balaban J connectivity index is 2.35. The number of aromatic nitrogens is 4. The highest BCUT2D eigenvalue weighted by atomic mass is 16.3. The normalized spacial score (nSPS) is 10.6. The molecule has 2 N–H and O–H groups in total. The fraction of sp³-hybridized carbons (Fsp3) is 0.250. The highest BCUT2D eigenvalue weighted by Gasteiger charge is 2.03. The van der Waals surface area contributed by atoms with Gasteiger partial charge in [-0.1, -0.05) is 0 Å². The molecule has 0 saturated carbocycles. The summed E-state index contributed by atoms with van der Waals surface area (Å²) in [6.45, 7) is -0.0692. The maximum absolute atomic E-state index is 8.79. The zero-order chi connectivity index (χ0) is 9.26. The Morgan fingerprint density at radius 3 is 2.92 bits per heavy atom. The average molecular weight is 178 g/mol. The Hall–Kier alpha value is -1.62. The summed E-state index contributed by atoms with van der Waals surface area (Å²) in [7, 11) is 1.85. The topological polar surface area (TPSA) is 66.7 Å². The number of hydrogen-bond acceptors (Lipinski definition) is 3. The molecule has 0 aliphatic carbocycles. The molecule has 0 amide bonds. The van der Waals surface area contributed by atoms with Crippen molar-refractivity contribution in [1.29, 1.82) is 0 Å². The molecule has 0 aliphatic heterocycles. The summed E-state index contributed by atoms with van der Waals surface area (Å²) in [5.74, 6) is 0.568. The van der Waals surface area contributed by atoms with Gasteiger partial charge in [0.1, 0.15) is 12.4 Å². The van der Waals surface area contributed by atoms with Crippen molar-refractivity contribution in [2.24, 2.45) is 7.05 Å². The van der Waals surface area contributed by atoms with E-state index in [0.29, 0.717) is 5.82 Å². The van der Waals surface area contributed by atoms with Crippen LogP contribution in [0.5, 0.6) is 0 Å². The van der Waals surface area contributed by atoms with Gasteiger partial charge in [-0.3, -0.25) is 4.68 Å². The van der Waals surface area contributed by atoms with Crippen molar-refractivity contribution in [3.63, 3.8) is 0 Å². The summed E-state index contributed by atoms with van der Waals surface area (Å²) in [6.07, 6.45) is 5.31. The molecule has 0 aromatic carbocycles. The van der Waals surface area contributed by atoms with E-state index in [2.05, 4.69) is 15.1 Å². The van der Waals surface area contributed by atoms with Crippen LogP contribution >= 0.6 is 0 Å². The first-order valence-electron chi connectivity index (χ1n) is 3.93. The molecule has 0 bridgehead atoms. The largest absolute Gasteiger partial charge is 0.388 e. The molecular weight excluding hydrogens is 168 g/mol. The van der Waals surface area contributed by atoms with Crippen LogP contribution < -0.4 is 0 Å². The highest BCUT2D eigenvalue weighted by molar-refractivity contribution is 5.55. The minimum Gasteiger partial charge on any atom is -0.388 e. The summed E-state index contributed by atoms with van der Waals surface area (Å²) < 4.78 is 1.72. The van der Waals surface area contributed by atoms with Crippen molar-refractivity contribution in [2.75, 3.05) is 0 Å². The number of aliphatic hydroxyl groups excluding tert-OH is 1. The lowest BCUT2D eigenvalue weighted by Crippen LogP contribution is -1.85. The van der Waals surface area contributed by atoms with E-state index in [9.17, 15) is 0 Å². The third kappa shape index (κ3) is 1.46. The van der Waals surface area contributed by atoms with E-state index in [1.54, 1.807) is 17.1 Å². The molecular formula is C8H10N4O. The lowest BCUT2D eigenvalue weighted by molar-refractivity contribution is 0.272. The van der Waals surface area contributed by atoms with Crippen LogP contribution in [0.2, 0.25) is 0 Å². The van der Waals surface area contributed by atoms with Crippen LogP contribution in [0.15, 0.2) is 18.6 Å². The van der Waals surface area contributed by atoms with E-state index in [4.69, 9.17) is 5.11 Å². The molecule has 0 fully saturated rings. The molecule has 2 rings (SSSR count). The van der Waals surface area contributed by atoms with Gasteiger partial charge in [0.25, 0.3) is 0 Å². The maximum Gasteiger partial charge on any atom is 0.132 e. The summed E-state index contributed by atoms with van der Waals surface area (Å²) in [4.78, 5) is 6.96. The fourth-order valence-corrected chi connectivity index (χ4v) is 1.15. The van der Waals surface area contributed by atoms with Gasteiger partial charge in [-0.2, -0.15) is 5.10 Å². The van der Waals surface area contributed by atoms with Gasteiger partial charge in [0, 0.05) is 18.8 Å². The third-order valence-electron chi connectivity index (χ3n) is 1.79. The molecule has 68 valence electrons. The molecule has 0 aliphatic rings. The summed E-state index contributed by atoms with van der Waals surface area (Å²) in [6, 6.07) is 0. The molecule has 5 heteroatoms. The van der Waals surface area contributed by atoms with E-state index >= 15 is 0 Å². The van der Waals surface area contributed by atoms with Crippen molar-refractivity contribution in [1.82, 2.24) is 19.7 Å².